The third-order valence-electron chi connectivity index (χ3n) is 4.41. The largest absolute Gasteiger partial charge is 0.496 e. The van der Waals surface area contributed by atoms with Crippen LogP contribution >= 0.6 is 15.9 Å². The van der Waals surface area contributed by atoms with Crippen LogP contribution in [0.25, 0.3) is 0 Å². The molecule has 134 valence electrons. The van der Waals surface area contributed by atoms with Gasteiger partial charge in [-0.25, -0.2) is 0 Å². The monoisotopic (exact) mass is 404 g/mol. The van der Waals surface area contributed by atoms with Crippen LogP contribution in [0.5, 0.6) is 5.75 Å². The van der Waals surface area contributed by atoms with E-state index in [4.69, 9.17) is 9.47 Å². The number of morpholine rings is 1. The molecular formula is C20H25BrN2O2. The average Bonchev–Trinajstić information content (AvgIpc) is 2.64. The van der Waals surface area contributed by atoms with E-state index in [0.717, 1.165) is 56.2 Å². The molecule has 1 aliphatic rings. The Morgan fingerprint density at radius 2 is 1.64 bits per heavy atom. The van der Waals surface area contributed by atoms with E-state index in [2.05, 4.69) is 62.5 Å². The highest BCUT2D eigenvalue weighted by molar-refractivity contribution is 9.10. The van der Waals surface area contributed by atoms with Crippen LogP contribution in [0.3, 0.4) is 0 Å². The van der Waals surface area contributed by atoms with Gasteiger partial charge in [-0.2, -0.15) is 0 Å². The van der Waals surface area contributed by atoms with E-state index in [0.29, 0.717) is 0 Å². The van der Waals surface area contributed by atoms with E-state index in [1.807, 2.05) is 6.07 Å². The molecule has 0 unspecified atom stereocenters. The number of halogens is 1. The lowest BCUT2D eigenvalue weighted by Crippen LogP contribution is -2.35. The molecule has 0 bridgehead atoms. The van der Waals surface area contributed by atoms with E-state index in [9.17, 15) is 0 Å². The van der Waals surface area contributed by atoms with Gasteiger partial charge in [0.15, 0.2) is 0 Å². The molecular weight excluding hydrogens is 380 g/mol. The van der Waals surface area contributed by atoms with Crippen LogP contribution in [0.15, 0.2) is 46.9 Å². The number of nitrogens with zero attached hydrogens (tertiary/aromatic N) is 1. The van der Waals surface area contributed by atoms with Crippen LogP contribution in [0.2, 0.25) is 0 Å². The number of methoxy groups -OCH3 is 1. The molecule has 1 aliphatic heterocycles. The summed E-state index contributed by atoms with van der Waals surface area (Å²) in [6, 6.07) is 15.1. The SMILES string of the molecule is COc1ccc(CNCc2ccc(CN3CCOCC3)cc2)cc1Br. The Morgan fingerprint density at radius 3 is 2.32 bits per heavy atom. The lowest BCUT2D eigenvalue weighted by molar-refractivity contribution is 0.0342. The predicted octanol–water partition coefficient (Wildman–Crippen LogP) is 3.58. The van der Waals surface area contributed by atoms with Gasteiger partial charge < -0.3 is 14.8 Å². The first kappa shape index (κ1) is 18.4. The number of rotatable bonds is 7. The smallest absolute Gasteiger partial charge is 0.133 e. The lowest BCUT2D eigenvalue weighted by Gasteiger charge is -2.26. The molecule has 2 aromatic carbocycles. The van der Waals surface area contributed by atoms with E-state index < -0.39 is 0 Å². The summed E-state index contributed by atoms with van der Waals surface area (Å²) in [4.78, 5) is 2.44. The second-order valence-corrected chi connectivity index (χ2v) is 7.13. The zero-order valence-corrected chi connectivity index (χ0v) is 16.2. The van der Waals surface area contributed by atoms with Gasteiger partial charge in [0.25, 0.3) is 0 Å². The molecule has 0 amide bonds. The Balaban J connectivity index is 1.46. The van der Waals surface area contributed by atoms with Crippen LogP contribution < -0.4 is 10.1 Å². The summed E-state index contributed by atoms with van der Waals surface area (Å²) in [5, 5.41) is 3.49. The van der Waals surface area contributed by atoms with Crippen molar-refractivity contribution in [3.8, 4) is 5.75 Å². The topological polar surface area (TPSA) is 33.7 Å². The van der Waals surface area contributed by atoms with Gasteiger partial charge in [-0.05, 0) is 44.8 Å². The van der Waals surface area contributed by atoms with Crippen LogP contribution in [0, 0.1) is 0 Å². The Morgan fingerprint density at radius 1 is 1.00 bits per heavy atom. The van der Waals surface area contributed by atoms with Crippen molar-refractivity contribution in [1.29, 1.82) is 0 Å². The number of benzene rings is 2. The number of hydrogen-bond donors (Lipinski definition) is 1. The fourth-order valence-electron chi connectivity index (χ4n) is 2.95. The third kappa shape index (κ3) is 5.54. The molecule has 2 aromatic rings. The highest BCUT2D eigenvalue weighted by Crippen LogP contribution is 2.25. The standard InChI is InChI=1S/C20H25BrN2O2/c1-24-20-7-6-18(12-19(20)21)14-22-13-16-2-4-17(5-3-16)15-23-8-10-25-11-9-23/h2-7,12,22H,8-11,13-15H2,1H3. The lowest BCUT2D eigenvalue weighted by atomic mass is 10.1. The maximum atomic E-state index is 5.40. The molecule has 0 aliphatic carbocycles. The van der Waals surface area contributed by atoms with E-state index in [-0.39, 0.29) is 0 Å². The summed E-state index contributed by atoms with van der Waals surface area (Å²) in [6.45, 7) is 6.46. The fourth-order valence-corrected chi connectivity index (χ4v) is 3.54. The van der Waals surface area contributed by atoms with Gasteiger partial charge in [0.1, 0.15) is 5.75 Å². The Bertz CT molecular complexity index is 670. The number of hydrogen-bond acceptors (Lipinski definition) is 4. The molecule has 5 heteroatoms. The van der Waals surface area contributed by atoms with Crippen LogP contribution in [-0.4, -0.2) is 38.3 Å². The van der Waals surface area contributed by atoms with E-state index >= 15 is 0 Å². The average molecular weight is 405 g/mol. The van der Waals surface area contributed by atoms with Crippen molar-refractivity contribution in [1.82, 2.24) is 10.2 Å². The minimum atomic E-state index is 0.831. The molecule has 3 rings (SSSR count). The van der Waals surface area contributed by atoms with Crippen molar-refractivity contribution >= 4 is 15.9 Å². The number of ether oxygens (including phenoxy) is 2. The van der Waals surface area contributed by atoms with E-state index in [1.165, 1.54) is 16.7 Å². The van der Waals surface area contributed by atoms with Crippen molar-refractivity contribution in [2.24, 2.45) is 0 Å². The molecule has 1 N–H and O–H groups in total. The first-order valence-corrected chi connectivity index (χ1v) is 9.45. The summed E-state index contributed by atoms with van der Waals surface area (Å²) in [5.41, 5.74) is 3.90. The normalized spacial score (nSPS) is 15.3. The van der Waals surface area contributed by atoms with Crippen LogP contribution in [0.1, 0.15) is 16.7 Å². The third-order valence-corrected chi connectivity index (χ3v) is 5.03. The minimum absolute atomic E-state index is 0.831. The summed E-state index contributed by atoms with van der Waals surface area (Å²) < 4.78 is 11.6. The van der Waals surface area contributed by atoms with Crippen molar-refractivity contribution < 1.29 is 9.47 Å². The maximum absolute atomic E-state index is 5.40. The van der Waals surface area contributed by atoms with Crippen molar-refractivity contribution in [2.75, 3.05) is 33.4 Å². The highest BCUT2D eigenvalue weighted by atomic mass is 79.9. The molecule has 0 atom stereocenters. The van der Waals surface area contributed by atoms with Crippen LogP contribution in [-0.2, 0) is 24.4 Å². The van der Waals surface area contributed by atoms with Gasteiger partial charge in [-0.1, -0.05) is 30.3 Å². The Labute approximate surface area is 158 Å². The molecule has 25 heavy (non-hydrogen) atoms. The summed E-state index contributed by atoms with van der Waals surface area (Å²) in [7, 11) is 1.68. The second kappa shape index (κ2) is 9.34. The van der Waals surface area contributed by atoms with Gasteiger partial charge in [-0.15, -0.1) is 0 Å². The minimum Gasteiger partial charge on any atom is -0.496 e. The zero-order chi connectivity index (χ0) is 17.5. The van der Waals surface area contributed by atoms with Gasteiger partial charge in [0, 0.05) is 32.7 Å². The molecule has 1 saturated heterocycles. The molecule has 0 spiro atoms. The molecule has 1 heterocycles. The van der Waals surface area contributed by atoms with Gasteiger partial charge >= 0.3 is 0 Å². The first-order chi connectivity index (χ1) is 12.2. The van der Waals surface area contributed by atoms with Gasteiger partial charge in [0.05, 0.1) is 24.8 Å². The Hall–Kier alpha value is -1.40. The maximum Gasteiger partial charge on any atom is 0.133 e. The molecule has 0 radical (unpaired) electrons. The molecule has 0 saturated carbocycles. The Kier molecular flexibility index (Phi) is 6.87. The summed E-state index contributed by atoms with van der Waals surface area (Å²) in [5.74, 6) is 0.861. The summed E-state index contributed by atoms with van der Waals surface area (Å²) in [6.07, 6.45) is 0. The van der Waals surface area contributed by atoms with Crippen molar-refractivity contribution in [3.05, 3.63) is 63.6 Å². The molecule has 0 aromatic heterocycles. The van der Waals surface area contributed by atoms with Crippen molar-refractivity contribution in [2.45, 2.75) is 19.6 Å². The van der Waals surface area contributed by atoms with Crippen molar-refractivity contribution in [3.63, 3.8) is 0 Å². The zero-order valence-electron chi connectivity index (χ0n) is 14.6. The fraction of sp³-hybridized carbons (Fsp3) is 0.400. The second-order valence-electron chi connectivity index (χ2n) is 6.28. The summed E-state index contributed by atoms with van der Waals surface area (Å²) >= 11 is 3.53. The quantitative estimate of drug-likeness (QED) is 0.764. The number of nitrogens with one attached hydrogen (secondary N) is 1. The predicted molar refractivity (Wildman–Crippen MR) is 104 cm³/mol. The molecule has 4 nitrogen and oxygen atoms in total. The van der Waals surface area contributed by atoms with Gasteiger partial charge in [0.2, 0.25) is 0 Å². The van der Waals surface area contributed by atoms with Crippen LogP contribution in [0.4, 0.5) is 0 Å². The van der Waals surface area contributed by atoms with Gasteiger partial charge in [-0.3, -0.25) is 4.90 Å². The molecule has 1 fully saturated rings. The highest BCUT2D eigenvalue weighted by Gasteiger charge is 2.10. The first-order valence-electron chi connectivity index (χ1n) is 8.65. The van der Waals surface area contributed by atoms with E-state index in [1.54, 1.807) is 7.11 Å².